The Hall–Kier alpha value is -1.59. The second kappa shape index (κ2) is 8.00. The Morgan fingerprint density at radius 3 is 2.81 bits per heavy atom. The van der Waals surface area contributed by atoms with Gasteiger partial charge in [-0.1, -0.05) is 23.7 Å². The number of nitrogens with zero attached hydrogens (tertiary/aromatic N) is 1. The number of halogens is 1. The number of nitrogens with one attached hydrogen (secondary N) is 1. The molecule has 0 saturated carbocycles. The molecule has 0 atom stereocenters. The number of hydrogen-bond donors (Lipinski definition) is 1. The summed E-state index contributed by atoms with van der Waals surface area (Å²) in [6, 6.07) is 7.83. The molecule has 1 N–H and O–H groups in total. The molecular formula is C15H17ClN2O2S. The van der Waals surface area contributed by atoms with Crippen LogP contribution in [0.2, 0.25) is 5.02 Å². The van der Waals surface area contributed by atoms with E-state index in [0.717, 1.165) is 28.8 Å². The van der Waals surface area contributed by atoms with E-state index in [2.05, 4.69) is 15.0 Å². The number of aromatic nitrogens is 1. The summed E-state index contributed by atoms with van der Waals surface area (Å²) < 4.78 is 4.61. The molecule has 0 bridgehead atoms. The molecule has 2 aromatic rings. The molecule has 0 aliphatic rings. The van der Waals surface area contributed by atoms with Crippen molar-refractivity contribution in [2.45, 2.75) is 19.3 Å². The number of carbonyl (C=O) groups excluding carboxylic acids is 1. The molecule has 1 aromatic carbocycles. The van der Waals surface area contributed by atoms with Crippen molar-refractivity contribution in [3.05, 3.63) is 45.9 Å². The fraction of sp³-hybridized carbons (Fsp3) is 0.333. The van der Waals surface area contributed by atoms with Gasteiger partial charge in [-0.05, 0) is 24.1 Å². The van der Waals surface area contributed by atoms with E-state index in [1.807, 2.05) is 29.6 Å². The monoisotopic (exact) mass is 324 g/mol. The Morgan fingerprint density at radius 1 is 1.33 bits per heavy atom. The lowest BCUT2D eigenvalue weighted by Crippen LogP contribution is -2.05. The van der Waals surface area contributed by atoms with Gasteiger partial charge in [0.1, 0.15) is 0 Å². The highest BCUT2D eigenvalue weighted by Gasteiger charge is 2.05. The minimum Gasteiger partial charge on any atom is -0.469 e. The topological polar surface area (TPSA) is 51.2 Å². The maximum Gasteiger partial charge on any atom is 0.305 e. The lowest BCUT2D eigenvalue weighted by molar-refractivity contribution is -0.140. The molecule has 0 aliphatic heterocycles. The van der Waals surface area contributed by atoms with Gasteiger partial charge in [0, 0.05) is 23.4 Å². The quantitative estimate of drug-likeness (QED) is 0.791. The van der Waals surface area contributed by atoms with Gasteiger partial charge in [0.2, 0.25) is 0 Å². The van der Waals surface area contributed by atoms with E-state index < -0.39 is 0 Å². The number of methoxy groups -OCH3 is 1. The third-order valence-corrected chi connectivity index (χ3v) is 4.07. The van der Waals surface area contributed by atoms with Crippen molar-refractivity contribution in [2.24, 2.45) is 0 Å². The van der Waals surface area contributed by atoms with Crippen LogP contribution in [0.4, 0.5) is 5.13 Å². The molecule has 1 aromatic heterocycles. The first-order chi connectivity index (χ1) is 10.2. The zero-order valence-corrected chi connectivity index (χ0v) is 13.3. The largest absolute Gasteiger partial charge is 0.469 e. The molecule has 2 rings (SSSR count). The minimum atomic E-state index is -0.208. The van der Waals surface area contributed by atoms with Gasteiger partial charge in [-0.15, -0.1) is 11.3 Å². The first-order valence-electron chi connectivity index (χ1n) is 6.67. The SMILES string of the molecule is COC(=O)CCc1csc(NCCc2ccc(Cl)cc2)n1. The first kappa shape index (κ1) is 15.8. The number of esters is 1. The van der Waals surface area contributed by atoms with Gasteiger partial charge in [-0.2, -0.15) is 0 Å². The van der Waals surface area contributed by atoms with Crippen LogP contribution in [0, 0.1) is 0 Å². The predicted octanol–water partition coefficient (Wildman–Crippen LogP) is 3.56. The molecular weight excluding hydrogens is 308 g/mol. The highest BCUT2D eigenvalue weighted by atomic mass is 35.5. The summed E-state index contributed by atoms with van der Waals surface area (Å²) in [6.45, 7) is 0.811. The number of benzene rings is 1. The third kappa shape index (κ3) is 5.36. The first-order valence-corrected chi connectivity index (χ1v) is 7.92. The molecule has 0 amide bonds. The molecule has 6 heteroatoms. The van der Waals surface area contributed by atoms with E-state index in [-0.39, 0.29) is 5.97 Å². The highest BCUT2D eigenvalue weighted by molar-refractivity contribution is 7.13. The summed E-state index contributed by atoms with van der Waals surface area (Å²) in [6.07, 6.45) is 1.89. The number of carbonyl (C=O) groups is 1. The summed E-state index contributed by atoms with van der Waals surface area (Å²) >= 11 is 7.40. The molecule has 0 fully saturated rings. The van der Waals surface area contributed by atoms with Crippen molar-refractivity contribution >= 4 is 34.0 Å². The van der Waals surface area contributed by atoms with E-state index >= 15 is 0 Å². The molecule has 0 unspecified atom stereocenters. The van der Waals surface area contributed by atoms with Crippen molar-refractivity contribution in [3.8, 4) is 0 Å². The van der Waals surface area contributed by atoms with Crippen molar-refractivity contribution < 1.29 is 9.53 Å². The maximum absolute atomic E-state index is 11.1. The van der Waals surface area contributed by atoms with Crippen LogP contribution in [0.3, 0.4) is 0 Å². The van der Waals surface area contributed by atoms with Crippen LogP contribution in [0.1, 0.15) is 17.7 Å². The summed E-state index contributed by atoms with van der Waals surface area (Å²) in [7, 11) is 1.40. The van der Waals surface area contributed by atoms with Crippen molar-refractivity contribution in [3.63, 3.8) is 0 Å². The van der Waals surface area contributed by atoms with E-state index in [0.29, 0.717) is 12.8 Å². The average molecular weight is 325 g/mol. The standard InChI is InChI=1S/C15H17ClN2O2S/c1-20-14(19)7-6-13-10-21-15(18-13)17-9-8-11-2-4-12(16)5-3-11/h2-5,10H,6-9H2,1H3,(H,17,18). The van der Waals surface area contributed by atoms with Crippen LogP contribution in [0.25, 0.3) is 0 Å². The lowest BCUT2D eigenvalue weighted by Gasteiger charge is -2.03. The average Bonchev–Trinajstić information content (AvgIpc) is 2.95. The fourth-order valence-electron chi connectivity index (χ4n) is 1.80. The van der Waals surface area contributed by atoms with Crippen LogP contribution < -0.4 is 5.32 Å². The maximum atomic E-state index is 11.1. The lowest BCUT2D eigenvalue weighted by atomic mass is 10.1. The van der Waals surface area contributed by atoms with E-state index in [1.165, 1.54) is 12.7 Å². The van der Waals surface area contributed by atoms with Gasteiger partial charge >= 0.3 is 5.97 Å². The predicted molar refractivity (Wildman–Crippen MR) is 86.1 cm³/mol. The summed E-state index contributed by atoms with van der Waals surface area (Å²) in [5.41, 5.74) is 2.15. The van der Waals surface area contributed by atoms with Gasteiger partial charge in [0.05, 0.1) is 19.2 Å². The van der Waals surface area contributed by atoms with E-state index in [9.17, 15) is 4.79 Å². The van der Waals surface area contributed by atoms with Crippen LogP contribution >= 0.6 is 22.9 Å². The van der Waals surface area contributed by atoms with Gasteiger partial charge in [0.25, 0.3) is 0 Å². The number of ether oxygens (including phenoxy) is 1. The number of thiazole rings is 1. The molecule has 0 aliphatic carbocycles. The van der Waals surface area contributed by atoms with Crippen molar-refractivity contribution in [1.29, 1.82) is 0 Å². The van der Waals surface area contributed by atoms with E-state index in [4.69, 9.17) is 11.6 Å². The summed E-state index contributed by atoms with van der Waals surface area (Å²) in [5, 5.41) is 6.88. The molecule has 112 valence electrons. The Kier molecular flexibility index (Phi) is 6.02. The number of rotatable bonds is 7. The van der Waals surface area contributed by atoms with Gasteiger partial charge in [-0.25, -0.2) is 4.98 Å². The molecule has 0 spiro atoms. The van der Waals surface area contributed by atoms with Crippen LogP contribution in [0.15, 0.2) is 29.6 Å². The molecule has 0 radical (unpaired) electrons. The van der Waals surface area contributed by atoms with Gasteiger partial charge in [-0.3, -0.25) is 4.79 Å². The van der Waals surface area contributed by atoms with Crippen LogP contribution in [-0.4, -0.2) is 24.6 Å². The van der Waals surface area contributed by atoms with Gasteiger partial charge < -0.3 is 10.1 Å². The fourth-order valence-corrected chi connectivity index (χ4v) is 2.70. The molecule has 4 nitrogen and oxygen atoms in total. The third-order valence-electron chi connectivity index (χ3n) is 2.97. The summed E-state index contributed by atoms with van der Waals surface area (Å²) in [5.74, 6) is -0.208. The zero-order chi connectivity index (χ0) is 15.1. The van der Waals surface area contributed by atoms with E-state index in [1.54, 1.807) is 11.3 Å². The van der Waals surface area contributed by atoms with Crippen LogP contribution in [0.5, 0.6) is 0 Å². The van der Waals surface area contributed by atoms with Gasteiger partial charge in [0.15, 0.2) is 5.13 Å². The second-order valence-corrected chi connectivity index (χ2v) is 5.82. The second-order valence-electron chi connectivity index (χ2n) is 4.52. The normalized spacial score (nSPS) is 10.4. The van der Waals surface area contributed by atoms with Crippen molar-refractivity contribution in [1.82, 2.24) is 4.98 Å². The Labute approximate surface area is 133 Å². The zero-order valence-electron chi connectivity index (χ0n) is 11.8. The number of hydrogen-bond acceptors (Lipinski definition) is 5. The number of aryl methyl sites for hydroxylation is 1. The Balaban J connectivity index is 1.75. The van der Waals surface area contributed by atoms with Crippen molar-refractivity contribution in [2.75, 3.05) is 19.0 Å². The highest BCUT2D eigenvalue weighted by Crippen LogP contribution is 2.17. The smallest absolute Gasteiger partial charge is 0.305 e. The Morgan fingerprint density at radius 2 is 2.10 bits per heavy atom. The van der Waals surface area contributed by atoms with Crippen LogP contribution in [-0.2, 0) is 22.4 Å². The Bertz CT molecular complexity index is 584. The minimum absolute atomic E-state index is 0.208. The molecule has 0 saturated heterocycles. The molecule has 21 heavy (non-hydrogen) atoms. The number of anilines is 1. The summed E-state index contributed by atoms with van der Waals surface area (Å²) in [4.78, 5) is 15.5. The molecule has 1 heterocycles.